The van der Waals surface area contributed by atoms with Gasteiger partial charge in [-0.3, -0.25) is 4.79 Å². The molecular weight excluding hydrogens is 334 g/mol. The minimum atomic E-state index is -0.0766. The molecule has 0 fully saturated rings. The first kappa shape index (κ1) is 16.1. The standard InChI is InChI=1S/C18H17N5O3/c1-11-8-15(22-25-11)18-21-17(26-23-18)10-20-16(24)7-6-12-9-19-14-5-3-2-4-13(12)14/h2-5,8-9,19H,6-7,10H2,1H3,(H,20,24). The van der Waals surface area contributed by atoms with Crippen LogP contribution in [0.2, 0.25) is 0 Å². The number of hydrogen-bond donors (Lipinski definition) is 2. The fourth-order valence-electron chi connectivity index (χ4n) is 2.75. The van der Waals surface area contributed by atoms with Gasteiger partial charge in [-0.05, 0) is 25.0 Å². The zero-order valence-corrected chi connectivity index (χ0v) is 14.2. The van der Waals surface area contributed by atoms with E-state index in [0.29, 0.717) is 36.0 Å². The Labute approximate surface area is 148 Å². The summed E-state index contributed by atoms with van der Waals surface area (Å²) in [5.74, 6) is 1.25. The molecule has 8 nitrogen and oxygen atoms in total. The number of amides is 1. The smallest absolute Gasteiger partial charge is 0.246 e. The maximum Gasteiger partial charge on any atom is 0.246 e. The van der Waals surface area contributed by atoms with Crippen LogP contribution in [0.4, 0.5) is 0 Å². The molecule has 0 aliphatic carbocycles. The zero-order chi connectivity index (χ0) is 17.9. The van der Waals surface area contributed by atoms with Crippen LogP contribution in [0.15, 0.2) is 45.6 Å². The first-order chi connectivity index (χ1) is 12.7. The lowest BCUT2D eigenvalue weighted by Gasteiger charge is -2.02. The van der Waals surface area contributed by atoms with E-state index in [1.165, 1.54) is 0 Å². The van der Waals surface area contributed by atoms with Crippen LogP contribution in [0, 0.1) is 6.92 Å². The highest BCUT2D eigenvalue weighted by Gasteiger charge is 2.13. The molecule has 26 heavy (non-hydrogen) atoms. The molecule has 3 heterocycles. The first-order valence-electron chi connectivity index (χ1n) is 8.27. The van der Waals surface area contributed by atoms with E-state index < -0.39 is 0 Å². The van der Waals surface area contributed by atoms with Crippen LogP contribution in [-0.4, -0.2) is 26.2 Å². The largest absolute Gasteiger partial charge is 0.361 e. The van der Waals surface area contributed by atoms with Crippen LogP contribution in [0.1, 0.15) is 23.6 Å². The van der Waals surface area contributed by atoms with E-state index in [9.17, 15) is 4.79 Å². The highest BCUT2D eigenvalue weighted by molar-refractivity contribution is 5.84. The van der Waals surface area contributed by atoms with Crippen LogP contribution in [0.25, 0.3) is 22.4 Å². The SMILES string of the molecule is Cc1cc(-c2noc(CNC(=O)CCc3c[nH]c4ccccc34)n2)no1. The van der Waals surface area contributed by atoms with Crippen molar-refractivity contribution in [2.45, 2.75) is 26.3 Å². The number of hydrogen-bond acceptors (Lipinski definition) is 6. The minimum absolute atomic E-state index is 0.0766. The third-order valence-corrected chi connectivity index (χ3v) is 4.06. The van der Waals surface area contributed by atoms with Crippen molar-refractivity contribution < 1.29 is 13.8 Å². The predicted octanol–water partition coefficient (Wildman–Crippen LogP) is 2.76. The number of rotatable bonds is 6. The van der Waals surface area contributed by atoms with E-state index >= 15 is 0 Å². The lowest BCUT2D eigenvalue weighted by atomic mass is 10.1. The molecule has 8 heteroatoms. The maximum atomic E-state index is 12.1. The number of nitrogens with one attached hydrogen (secondary N) is 2. The number of H-pyrrole nitrogens is 1. The Bertz CT molecular complexity index is 1050. The Morgan fingerprint density at radius 1 is 1.23 bits per heavy atom. The number of benzene rings is 1. The third kappa shape index (κ3) is 3.34. The molecule has 0 atom stereocenters. The van der Waals surface area contributed by atoms with Crippen LogP contribution in [-0.2, 0) is 17.8 Å². The zero-order valence-electron chi connectivity index (χ0n) is 14.2. The molecule has 132 valence electrons. The van der Waals surface area contributed by atoms with Gasteiger partial charge in [0.15, 0.2) is 5.69 Å². The van der Waals surface area contributed by atoms with Gasteiger partial charge < -0.3 is 19.3 Å². The molecule has 0 radical (unpaired) electrons. The van der Waals surface area contributed by atoms with Gasteiger partial charge in [-0.25, -0.2) is 0 Å². The molecule has 4 rings (SSSR count). The third-order valence-electron chi connectivity index (χ3n) is 4.06. The molecule has 0 aliphatic rings. The van der Waals surface area contributed by atoms with E-state index in [4.69, 9.17) is 9.05 Å². The number of aryl methyl sites for hydroxylation is 2. The van der Waals surface area contributed by atoms with Crippen molar-refractivity contribution in [2.24, 2.45) is 0 Å². The number of aromatic amines is 1. The molecule has 1 aromatic carbocycles. The molecule has 0 aliphatic heterocycles. The predicted molar refractivity (Wildman–Crippen MR) is 93.0 cm³/mol. The van der Waals surface area contributed by atoms with Gasteiger partial charge in [-0.1, -0.05) is 28.5 Å². The summed E-state index contributed by atoms with van der Waals surface area (Å²) in [7, 11) is 0. The Kier molecular flexibility index (Phi) is 4.22. The summed E-state index contributed by atoms with van der Waals surface area (Å²) in [5.41, 5.74) is 2.70. The van der Waals surface area contributed by atoms with Crippen LogP contribution in [0.5, 0.6) is 0 Å². The molecule has 3 aromatic heterocycles. The van der Waals surface area contributed by atoms with Gasteiger partial charge in [0.05, 0.1) is 6.54 Å². The molecule has 0 saturated carbocycles. The summed E-state index contributed by atoms with van der Waals surface area (Å²) in [6.07, 6.45) is 2.98. The van der Waals surface area contributed by atoms with Crippen molar-refractivity contribution >= 4 is 16.8 Å². The number of carbonyl (C=O) groups excluding carboxylic acids is 1. The summed E-state index contributed by atoms with van der Waals surface area (Å²) < 4.78 is 10.1. The number of nitrogens with zero attached hydrogens (tertiary/aromatic N) is 3. The maximum absolute atomic E-state index is 12.1. The van der Waals surface area contributed by atoms with Crippen molar-refractivity contribution in [1.29, 1.82) is 0 Å². The fourth-order valence-corrected chi connectivity index (χ4v) is 2.75. The van der Waals surface area contributed by atoms with E-state index in [1.54, 1.807) is 13.0 Å². The van der Waals surface area contributed by atoms with Gasteiger partial charge in [0, 0.05) is 29.6 Å². The van der Waals surface area contributed by atoms with Gasteiger partial charge in [0.1, 0.15) is 5.76 Å². The average Bonchev–Trinajstić information content (AvgIpc) is 3.37. The van der Waals surface area contributed by atoms with Gasteiger partial charge in [0.2, 0.25) is 17.6 Å². The quantitative estimate of drug-likeness (QED) is 0.553. The number of aromatic nitrogens is 4. The van der Waals surface area contributed by atoms with E-state index in [2.05, 4.69) is 25.6 Å². The second-order valence-electron chi connectivity index (χ2n) is 5.97. The Balaban J connectivity index is 1.31. The lowest BCUT2D eigenvalue weighted by molar-refractivity contribution is -0.121. The van der Waals surface area contributed by atoms with Crippen LogP contribution < -0.4 is 5.32 Å². The Morgan fingerprint density at radius 3 is 2.96 bits per heavy atom. The summed E-state index contributed by atoms with van der Waals surface area (Å²) in [6, 6.07) is 9.75. The van der Waals surface area contributed by atoms with Gasteiger partial charge in [-0.15, -0.1) is 0 Å². The Morgan fingerprint density at radius 2 is 2.12 bits per heavy atom. The topological polar surface area (TPSA) is 110 Å². The van der Waals surface area contributed by atoms with Gasteiger partial charge >= 0.3 is 0 Å². The molecule has 0 saturated heterocycles. The second-order valence-corrected chi connectivity index (χ2v) is 5.97. The number of para-hydroxylation sites is 1. The molecule has 0 spiro atoms. The number of carbonyl (C=O) groups is 1. The monoisotopic (exact) mass is 351 g/mol. The van der Waals surface area contributed by atoms with Crippen molar-refractivity contribution in [3.05, 3.63) is 53.7 Å². The highest BCUT2D eigenvalue weighted by Crippen LogP contribution is 2.19. The second kappa shape index (κ2) is 6.83. The molecule has 1 amide bonds. The Hall–Kier alpha value is -3.42. The van der Waals surface area contributed by atoms with Crippen molar-refractivity contribution in [2.75, 3.05) is 0 Å². The molecule has 4 aromatic rings. The summed E-state index contributed by atoms with van der Waals surface area (Å²) in [4.78, 5) is 19.5. The molecule has 0 bridgehead atoms. The van der Waals surface area contributed by atoms with Gasteiger partial charge in [-0.2, -0.15) is 4.98 Å². The van der Waals surface area contributed by atoms with E-state index in [1.807, 2.05) is 30.5 Å². The summed E-state index contributed by atoms with van der Waals surface area (Å²) in [6.45, 7) is 1.96. The highest BCUT2D eigenvalue weighted by atomic mass is 16.5. The van der Waals surface area contributed by atoms with Crippen LogP contribution in [0.3, 0.4) is 0 Å². The fraction of sp³-hybridized carbons (Fsp3) is 0.222. The minimum Gasteiger partial charge on any atom is -0.361 e. The number of fused-ring (bicyclic) bond motifs is 1. The molecule has 2 N–H and O–H groups in total. The normalized spacial score (nSPS) is 11.1. The van der Waals surface area contributed by atoms with E-state index in [-0.39, 0.29) is 12.5 Å². The van der Waals surface area contributed by atoms with Crippen molar-refractivity contribution in [3.63, 3.8) is 0 Å². The van der Waals surface area contributed by atoms with Gasteiger partial charge in [0.25, 0.3) is 0 Å². The lowest BCUT2D eigenvalue weighted by Crippen LogP contribution is -2.23. The summed E-state index contributed by atoms with van der Waals surface area (Å²) >= 11 is 0. The van der Waals surface area contributed by atoms with Crippen molar-refractivity contribution in [1.82, 2.24) is 25.6 Å². The van der Waals surface area contributed by atoms with E-state index in [0.717, 1.165) is 16.5 Å². The van der Waals surface area contributed by atoms with Crippen LogP contribution >= 0.6 is 0 Å². The molecule has 0 unspecified atom stereocenters. The summed E-state index contributed by atoms with van der Waals surface area (Å²) in [5, 5.41) is 11.6. The van der Waals surface area contributed by atoms with Crippen molar-refractivity contribution in [3.8, 4) is 11.5 Å². The average molecular weight is 351 g/mol. The molecular formula is C18H17N5O3. The first-order valence-corrected chi connectivity index (χ1v) is 8.27.